The summed E-state index contributed by atoms with van der Waals surface area (Å²) in [5.74, 6) is 0.559. The van der Waals surface area contributed by atoms with E-state index in [2.05, 4.69) is 0 Å². The van der Waals surface area contributed by atoms with Crippen molar-refractivity contribution in [3.63, 3.8) is 0 Å². The van der Waals surface area contributed by atoms with Crippen molar-refractivity contribution in [2.24, 2.45) is 0 Å². The zero-order valence-electron chi connectivity index (χ0n) is 11.9. The van der Waals surface area contributed by atoms with Gasteiger partial charge in [-0.2, -0.15) is 0 Å². The Morgan fingerprint density at radius 2 is 1.36 bits per heavy atom. The summed E-state index contributed by atoms with van der Waals surface area (Å²) in [4.78, 5) is 0. The zero-order valence-corrected chi connectivity index (χ0v) is 13.4. The van der Waals surface area contributed by atoms with E-state index in [0.717, 1.165) is 12.8 Å². The van der Waals surface area contributed by atoms with Crippen LogP contribution in [0, 0.1) is 0 Å². The molecule has 114 valence electrons. The molecule has 1 aliphatic rings. The Morgan fingerprint density at radius 1 is 0.864 bits per heavy atom. The molecule has 1 N–H and O–H groups in total. The Balaban J connectivity index is 2.14. The number of benzene rings is 2. The summed E-state index contributed by atoms with van der Waals surface area (Å²) in [6.07, 6.45) is 3.80. The molecule has 2 nitrogen and oxygen atoms in total. The number of ether oxygens (including phenoxy) is 1. The van der Waals surface area contributed by atoms with Crippen LogP contribution in [0.5, 0.6) is 0 Å². The highest BCUT2D eigenvalue weighted by Gasteiger charge is 2.38. The summed E-state index contributed by atoms with van der Waals surface area (Å²) in [5, 5.41) is 12.7. The van der Waals surface area contributed by atoms with Gasteiger partial charge in [-0.3, -0.25) is 0 Å². The average molecular weight is 335 g/mol. The number of hydrogen-bond donors (Lipinski definition) is 1. The molecule has 0 unspecified atom stereocenters. The summed E-state index contributed by atoms with van der Waals surface area (Å²) in [6.45, 7) is 0.606. The van der Waals surface area contributed by atoms with Gasteiger partial charge >= 0.3 is 0 Å². The Labute approximate surface area is 139 Å². The molecule has 2 aromatic rings. The summed E-state index contributed by atoms with van der Waals surface area (Å²) in [5.41, 5.74) is 0.0926. The van der Waals surface area contributed by atoms with Crippen molar-refractivity contribution in [2.75, 3.05) is 6.61 Å². The van der Waals surface area contributed by atoms with Crippen molar-refractivity contribution in [3.8, 4) is 0 Å². The molecule has 0 saturated heterocycles. The fourth-order valence-electron chi connectivity index (χ4n) is 2.64. The van der Waals surface area contributed by atoms with E-state index in [-0.39, 0.29) is 0 Å². The molecule has 0 radical (unpaired) electrons. The van der Waals surface area contributed by atoms with Crippen LogP contribution in [-0.4, -0.2) is 11.7 Å². The SMILES string of the molecule is OC(C1=CCCCO1)(c1ccc(Cl)cc1)c1ccc(Cl)cc1. The predicted octanol–water partition coefficient (Wildman–Crippen LogP) is 4.92. The lowest BCUT2D eigenvalue weighted by Gasteiger charge is -2.33. The molecule has 0 amide bonds. The number of halogens is 2. The Morgan fingerprint density at radius 3 is 1.77 bits per heavy atom. The first-order valence-electron chi connectivity index (χ1n) is 7.18. The van der Waals surface area contributed by atoms with Crippen LogP contribution < -0.4 is 0 Å². The summed E-state index contributed by atoms with van der Waals surface area (Å²) in [6, 6.07) is 14.3. The van der Waals surface area contributed by atoms with Crippen LogP contribution in [0.2, 0.25) is 10.0 Å². The van der Waals surface area contributed by atoms with Crippen molar-refractivity contribution < 1.29 is 9.84 Å². The summed E-state index contributed by atoms with van der Waals surface area (Å²) >= 11 is 11.9. The van der Waals surface area contributed by atoms with Gasteiger partial charge in [-0.1, -0.05) is 47.5 Å². The summed E-state index contributed by atoms with van der Waals surface area (Å²) < 4.78 is 5.76. The maximum atomic E-state index is 11.5. The summed E-state index contributed by atoms with van der Waals surface area (Å²) in [7, 11) is 0. The van der Waals surface area contributed by atoms with Gasteiger partial charge in [0.05, 0.1) is 6.61 Å². The Bertz CT molecular complexity index is 630. The quantitative estimate of drug-likeness (QED) is 0.862. The second-order valence-corrected chi connectivity index (χ2v) is 6.16. The van der Waals surface area contributed by atoms with Crippen molar-refractivity contribution in [3.05, 3.63) is 81.5 Å². The van der Waals surface area contributed by atoms with Gasteiger partial charge in [0.25, 0.3) is 0 Å². The molecule has 0 fully saturated rings. The van der Waals surface area contributed by atoms with Crippen molar-refractivity contribution >= 4 is 23.2 Å². The van der Waals surface area contributed by atoms with Crippen LogP contribution in [0.25, 0.3) is 0 Å². The van der Waals surface area contributed by atoms with E-state index in [1.807, 2.05) is 30.3 Å². The van der Waals surface area contributed by atoms with Gasteiger partial charge in [0.15, 0.2) is 5.60 Å². The van der Waals surface area contributed by atoms with Crippen molar-refractivity contribution in [1.29, 1.82) is 0 Å². The smallest absolute Gasteiger partial charge is 0.172 e. The second kappa shape index (κ2) is 6.33. The van der Waals surface area contributed by atoms with Crippen LogP contribution in [0.3, 0.4) is 0 Å². The van der Waals surface area contributed by atoms with E-state index < -0.39 is 5.60 Å². The molecular formula is C18H16Cl2O2. The van der Waals surface area contributed by atoms with Gasteiger partial charge in [-0.25, -0.2) is 0 Å². The fraction of sp³-hybridized carbons (Fsp3) is 0.222. The van der Waals surface area contributed by atoms with E-state index in [1.165, 1.54) is 0 Å². The third-order valence-electron chi connectivity index (χ3n) is 3.82. The van der Waals surface area contributed by atoms with E-state index in [1.54, 1.807) is 24.3 Å². The van der Waals surface area contributed by atoms with Gasteiger partial charge in [-0.15, -0.1) is 0 Å². The highest BCUT2D eigenvalue weighted by Crippen LogP contribution is 2.39. The molecule has 3 rings (SSSR count). The first kappa shape index (κ1) is 15.4. The minimum absolute atomic E-state index is 0.559. The fourth-order valence-corrected chi connectivity index (χ4v) is 2.90. The van der Waals surface area contributed by atoms with E-state index in [4.69, 9.17) is 27.9 Å². The highest BCUT2D eigenvalue weighted by molar-refractivity contribution is 6.30. The molecule has 0 saturated carbocycles. The van der Waals surface area contributed by atoms with Gasteiger partial charge in [0.1, 0.15) is 5.76 Å². The minimum Gasteiger partial charge on any atom is -0.494 e. The molecular weight excluding hydrogens is 319 g/mol. The Kier molecular flexibility index (Phi) is 4.44. The van der Waals surface area contributed by atoms with E-state index in [9.17, 15) is 5.11 Å². The van der Waals surface area contributed by atoms with Gasteiger partial charge in [-0.05, 0) is 54.3 Å². The lowest BCUT2D eigenvalue weighted by atomic mass is 9.83. The predicted molar refractivity (Wildman–Crippen MR) is 89.2 cm³/mol. The lowest BCUT2D eigenvalue weighted by molar-refractivity contribution is 0.0315. The highest BCUT2D eigenvalue weighted by atomic mass is 35.5. The molecule has 1 heterocycles. The first-order valence-corrected chi connectivity index (χ1v) is 7.94. The van der Waals surface area contributed by atoms with Crippen LogP contribution in [-0.2, 0) is 10.3 Å². The number of allylic oxidation sites excluding steroid dienone is 1. The number of rotatable bonds is 3. The second-order valence-electron chi connectivity index (χ2n) is 5.28. The average Bonchev–Trinajstić information content (AvgIpc) is 2.56. The topological polar surface area (TPSA) is 29.5 Å². The van der Waals surface area contributed by atoms with E-state index in [0.29, 0.717) is 33.5 Å². The minimum atomic E-state index is -1.34. The van der Waals surface area contributed by atoms with Crippen LogP contribution in [0.4, 0.5) is 0 Å². The molecule has 0 aliphatic carbocycles. The Hall–Kier alpha value is -1.48. The molecule has 0 spiro atoms. The van der Waals surface area contributed by atoms with Crippen LogP contribution >= 0.6 is 23.2 Å². The van der Waals surface area contributed by atoms with Crippen LogP contribution in [0.1, 0.15) is 24.0 Å². The maximum Gasteiger partial charge on any atom is 0.172 e. The zero-order chi connectivity index (χ0) is 15.6. The molecule has 4 heteroatoms. The molecule has 0 aromatic heterocycles. The molecule has 22 heavy (non-hydrogen) atoms. The lowest BCUT2D eigenvalue weighted by Crippen LogP contribution is -2.32. The maximum absolute atomic E-state index is 11.5. The molecule has 0 bridgehead atoms. The van der Waals surface area contributed by atoms with Gasteiger partial charge in [0, 0.05) is 10.0 Å². The number of hydrogen-bond acceptors (Lipinski definition) is 2. The third kappa shape index (κ3) is 2.87. The van der Waals surface area contributed by atoms with Crippen molar-refractivity contribution in [1.82, 2.24) is 0 Å². The van der Waals surface area contributed by atoms with Gasteiger partial charge < -0.3 is 9.84 Å². The van der Waals surface area contributed by atoms with Crippen LogP contribution in [0.15, 0.2) is 60.4 Å². The van der Waals surface area contributed by atoms with Gasteiger partial charge in [0.2, 0.25) is 0 Å². The van der Waals surface area contributed by atoms with Crippen molar-refractivity contribution in [2.45, 2.75) is 18.4 Å². The number of aliphatic hydroxyl groups is 1. The standard InChI is InChI=1S/C18H16Cl2O2/c19-15-8-4-13(5-9-15)18(21,17-3-1-2-12-22-17)14-6-10-16(20)11-7-14/h3-11,21H,1-2,12H2. The normalized spacial score (nSPS) is 15.1. The monoisotopic (exact) mass is 334 g/mol. The molecule has 0 atom stereocenters. The molecule has 1 aliphatic heterocycles. The first-order chi connectivity index (χ1) is 10.6. The van der Waals surface area contributed by atoms with E-state index >= 15 is 0 Å². The third-order valence-corrected chi connectivity index (χ3v) is 4.32. The molecule has 2 aromatic carbocycles. The largest absolute Gasteiger partial charge is 0.494 e.